The van der Waals surface area contributed by atoms with Crippen LogP contribution < -0.4 is 5.32 Å². The van der Waals surface area contributed by atoms with Gasteiger partial charge >= 0.3 is 0 Å². The van der Waals surface area contributed by atoms with Crippen LogP contribution in [0.4, 0.5) is 0 Å². The van der Waals surface area contributed by atoms with Crippen molar-refractivity contribution >= 4 is 17.2 Å². The Hall–Kier alpha value is -2.03. The van der Waals surface area contributed by atoms with Gasteiger partial charge < -0.3 is 14.8 Å². The van der Waals surface area contributed by atoms with E-state index >= 15 is 0 Å². The quantitative estimate of drug-likeness (QED) is 0.852. The van der Waals surface area contributed by atoms with Crippen molar-refractivity contribution in [1.29, 1.82) is 0 Å². The highest BCUT2D eigenvalue weighted by molar-refractivity contribution is 7.10. The molecule has 1 amide bonds. The van der Waals surface area contributed by atoms with Crippen molar-refractivity contribution in [1.82, 2.24) is 5.32 Å². The molecule has 20 heavy (non-hydrogen) atoms. The van der Waals surface area contributed by atoms with Gasteiger partial charge in [-0.25, -0.2) is 0 Å². The number of carbonyl (C=O) groups excluding carboxylic acids is 1. The molecule has 0 radical (unpaired) electrons. The van der Waals surface area contributed by atoms with Crippen molar-refractivity contribution in [3.63, 3.8) is 0 Å². The van der Waals surface area contributed by atoms with Crippen LogP contribution in [-0.4, -0.2) is 17.6 Å². The number of hydrogen-bond acceptors (Lipinski definition) is 4. The predicted octanol–water partition coefficient (Wildman–Crippen LogP) is 2.23. The molecule has 2 N–H and O–H groups in total. The van der Waals surface area contributed by atoms with Crippen LogP contribution in [0.2, 0.25) is 0 Å². The number of aryl methyl sites for hydroxylation is 2. The van der Waals surface area contributed by atoms with Crippen LogP contribution in [0.3, 0.4) is 0 Å². The second kappa shape index (κ2) is 6.42. The Morgan fingerprint density at radius 1 is 1.50 bits per heavy atom. The second-order valence-electron chi connectivity index (χ2n) is 4.23. The number of carbonyl (C=O) groups is 1. The van der Waals surface area contributed by atoms with E-state index in [2.05, 4.69) is 17.2 Å². The molecule has 0 bridgehead atoms. The van der Waals surface area contributed by atoms with Gasteiger partial charge in [0.25, 0.3) is 5.91 Å². The lowest BCUT2D eigenvalue weighted by molar-refractivity contribution is 0.0950. The van der Waals surface area contributed by atoms with Crippen LogP contribution in [0.5, 0.6) is 0 Å². The molecule has 0 saturated heterocycles. The number of thiophene rings is 1. The first-order valence-corrected chi connectivity index (χ1v) is 7.01. The second-order valence-corrected chi connectivity index (χ2v) is 5.23. The third-order valence-corrected chi connectivity index (χ3v) is 3.66. The summed E-state index contributed by atoms with van der Waals surface area (Å²) in [5, 5.41) is 13.5. The van der Waals surface area contributed by atoms with Crippen LogP contribution in [0.1, 0.15) is 32.3 Å². The van der Waals surface area contributed by atoms with Gasteiger partial charge in [0.05, 0.1) is 12.1 Å². The van der Waals surface area contributed by atoms with Crippen molar-refractivity contribution in [3.05, 3.63) is 45.0 Å². The third kappa shape index (κ3) is 3.29. The first-order valence-electron chi connectivity index (χ1n) is 6.13. The summed E-state index contributed by atoms with van der Waals surface area (Å²) in [6.07, 6.45) is 0. The average Bonchev–Trinajstić information content (AvgIpc) is 2.99. The molecule has 104 valence electrons. The van der Waals surface area contributed by atoms with Crippen LogP contribution in [0.15, 0.2) is 21.9 Å². The maximum atomic E-state index is 12.1. The van der Waals surface area contributed by atoms with Gasteiger partial charge in [-0.15, -0.1) is 11.3 Å². The molecule has 2 aromatic heterocycles. The Balaban J connectivity index is 2.04. The van der Waals surface area contributed by atoms with Gasteiger partial charge in [-0.2, -0.15) is 0 Å². The van der Waals surface area contributed by atoms with E-state index in [0.717, 1.165) is 16.2 Å². The zero-order chi connectivity index (χ0) is 14.5. The van der Waals surface area contributed by atoms with Crippen molar-refractivity contribution in [2.45, 2.75) is 20.4 Å². The lowest BCUT2D eigenvalue weighted by atomic mass is 10.2. The molecule has 0 atom stereocenters. The molecule has 0 unspecified atom stereocenters. The molecule has 0 aliphatic carbocycles. The molecular weight excluding hydrogens is 274 g/mol. The van der Waals surface area contributed by atoms with Crippen molar-refractivity contribution in [3.8, 4) is 11.8 Å². The van der Waals surface area contributed by atoms with Gasteiger partial charge in [0.2, 0.25) is 0 Å². The number of rotatable bonds is 3. The number of furan rings is 1. The van der Waals surface area contributed by atoms with Crippen LogP contribution >= 0.6 is 11.3 Å². The summed E-state index contributed by atoms with van der Waals surface area (Å²) in [5.74, 6) is 6.65. The summed E-state index contributed by atoms with van der Waals surface area (Å²) in [6.45, 7) is 3.82. The fourth-order valence-corrected chi connectivity index (χ4v) is 2.61. The molecule has 0 fully saturated rings. The monoisotopic (exact) mass is 289 g/mol. The minimum absolute atomic E-state index is 0.159. The number of amides is 1. The Labute approximate surface area is 121 Å². The van der Waals surface area contributed by atoms with Gasteiger partial charge in [-0.1, -0.05) is 11.8 Å². The normalized spacial score (nSPS) is 9.95. The lowest BCUT2D eigenvalue weighted by Gasteiger charge is -2.03. The molecule has 0 aliphatic heterocycles. The van der Waals surface area contributed by atoms with E-state index in [0.29, 0.717) is 17.9 Å². The van der Waals surface area contributed by atoms with Gasteiger partial charge in [0.1, 0.15) is 18.1 Å². The highest BCUT2D eigenvalue weighted by Crippen LogP contribution is 2.17. The summed E-state index contributed by atoms with van der Waals surface area (Å²) >= 11 is 1.52. The fraction of sp³-hybridized carbons (Fsp3) is 0.267. The molecule has 0 aliphatic rings. The summed E-state index contributed by atoms with van der Waals surface area (Å²) in [7, 11) is 0. The van der Waals surface area contributed by atoms with Gasteiger partial charge in [-0.05, 0) is 31.4 Å². The van der Waals surface area contributed by atoms with E-state index in [4.69, 9.17) is 9.52 Å². The zero-order valence-corrected chi connectivity index (χ0v) is 12.1. The van der Waals surface area contributed by atoms with Crippen LogP contribution in [0, 0.1) is 25.7 Å². The molecule has 2 rings (SSSR count). The largest absolute Gasteiger partial charge is 0.466 e. The summed E-state index contributed by atoms with van der Waals surface area (Å²) in [4.78, 5) is 13.0. The van der Waals surface area contributed by atoms with E-state index in [1.54, 1.807) is 13.0 Å². The summed E-state index contributed by atoms with van der Waals surface area (Å²) in [6, 6.07) is 3.60. The fourth-order valence-electron chi connectivity index (χ4n) is 1.84. The molecule has 0 spiro atoms. The molecule has 2 aromatic rings. The highest BCUT2D eigenvalue weighted by Gasteiger charge is 2.13. The van der Waals surface area contributed by atoms with Crippen LogP contribution in [-0.2, 0) is 6.54 Å². The molecule has 0 aromatic carbocycles. The van der Waals surface area contributed by atoms with Crippen molar-refractivity contribution < 1.29 is 14.3 Å². The van der Waals surface area contributed by atoms with E-state index in [1.165, 1.54) is 11.3 Å². The van der Waals surface area contributed by atoms with E-state index in [-0.39, 0.29) is 12.5 Å². The Kier molecular flexibility index (Phi) is 4.61. The molecule has 2 heterocycles. The average molecular weight is 289 g/mol. The lowest BCUT2D eigenvalue weighted by Crippen LogP contribution is -2.22. The maximum Gasteiger partial charge on any atom is 0.255 e. The Bertz CT molecular complexity index is 673. The summed E-state index contributed by atoms with van der Waals surface area (Å²) in [5.41, 5.74) is 1.39. The predicted molar refractivity (Wildman–Crippen MR) is 77.6 cm³/mol. The van der Waals surface area contributed by atoms with Gasteiger partial charge in [0, 0.05) is 10.4 Å². The standard InChI is InChI=1S/C15H15NO3S/c1-10-8-13(11(2)19-10)15(18)16-9-14-12(4-3-6-17)5-7-20-14/h5,7-8,17H,6,9H2,1-2H3,(H,16,18). The molecular formula is C15H15NO3S. The minimum Gasteiger partial charge on any atom is -0.466 e. The van der Waals surface area contributed by atoms with Gasteiger partial charge in [0.15, 0.2) is 0 Å². The smallest absolute Gasteiger partial charge is 0.255 e. The SMILES string of the molecule is Cc1cc(C(=O)NCc2sccc2C#CCO)c(C)o1. The molecule has 4 nitrogen and oxygen atoms in total. The minimum atomic E-state index is -0.171. The zero-order valence-electron chi connectivity index (χ0n) is 11.3. The van der Waals surface area contributed by atoms with Gasteiger partial charge in [-0.3, -0.25) is 4.79 Å². The number of aliphatic hydroxyl groups is 1. The number of nitrogens with one attached hydrogen (secondary N) is 1. The third-order valence-electron chi connectivity index (χ3n) is 2.74. The van der Waals surface area contributed by atoms with E-state index < -0.39 is 0 Å². The molecule has 5 heteroatoms. The number of hydrogen-bond donors (Lipinski definition) is 2. The van der Waals surface area contributed by atoms with Crippen LogP contribution in [0.25, 0.3) is 0 Å². The topological polar surface area (TPSA) is 62.5 Å². The van der Waals surface area contributed by atoms with E-state index in [9.17, 15) is 4.79 Å². The Morgan fingerprint density at radius 2 is 2.30 bits per heavy atom. The van der Waals surface area contributed by atoms with Crippen molar-refractivity contribution in [2.75, 3.05) is 6.61 Å². The van der Waals surface area contributed by atoms with E-state index in [1.807, 2.05) is 18.4 Å². The summed E-state index contributed by atoms with van der Waals surface area (Å²) < 4.78 is 5.34. The first kappa shape index (κ1) is 14.4. The Morgan fingerprint density at radius 3 is 2.95 bits per heavy atom. The maximum absolute atomic E-state index is 12.1. The number of aliphatic hydroxyl groups excluding tert-OH is 1. The first-order chi connectivity index (χ1) is 9.61. The highest BCUT2D eigenvalue weighted by atomic mass is 32.1. The molecule has 0 saturated carbocycles. The van der Waals surface area contributed by atoms with Crippen molar-refractivity contribution in [2.24, 2.45) is 0 Å².